The van der Waals surface area contributed by atoms with Crippen LogP contribution in [0.25, 0.3) is 0 Å². The maximum Gasteiger partial charge on any atom is 0.0408 e. The molecule has 0 saturated heterocycles. The van der Waals surface area contributed by atoms with E-state index in [1.807, 2.05) is 6.07 Å². The van der Waals surface area contributed by atoms with Crippen molar-refractivity contribution in [2.24, 2.45) is 5.73 Å². The van der Waals surface area contributed by atoms with E-state index in [9.17, 15) is 0 Å². The molecule has 2 atom stereocenters. The minimum absolute atomic E-state index is 0.252. The Morgan fingerprint density at radius 3 is 3.00 bits per heavy atom. The van der Waals surface area contributed by atoms with Gasteiger partial charge >= 0.3 is 0 Å². The Labute approximate surface area is 83.9 Å². The summed E-state index contributed by atoms with van der Waals surface area (Å²) in [6, 6.07) is 6.40. The molecule has 2 unspecified atom stereocenters. The van der Waals surface area contributed by atoms with Crippen LogP contribution in [0.4, 0.5) is 0 Å². The van der Waals surface area contributed by atoms with Crippen LogP contribution in [0, 0.1) is 0 Å². The summed E-state index contributed by atoms with van der Waals surface area (Å²) < 4.78 is 0. The standard InChI is InChI=1S/C11H14ClN/c1-7(13)10-4-2-8-6-9(12)3-5-11(8)10/h3,5-7,10H,2,4,13H2,1H3. The van der Waals surface area contributed by atoms with E-state index in [4.69, 9.17) is 17.3 Å². The van der Waals surface area contributed by atoms with E-state index in [1.165, 1.54) is 17.5 Å². The smallest absolute Gasteiger partial charge is 0.0408 e. The quantitative estimate of drug-likeness (QED) is 0.733. The molecular formula is C11H14ClN. The Morgan fingerprint density at radius 2 is 2.31 bits per heavy atom. The lowest BCUT2D eigenvalue weighted by Crippen LogP contribution is -2.22. The SMILES string of the molecule is CC(N)C1CCc2cc(Cl)ccc21. The largest absolute Gasteiger partial charge is 0.327 e. The number of hydrogen-bond acceptors (Lipinski definition) is 1. The van der Waals surface area contributed by atoms with Gasteiger partial charge in [-0.15, -0.1) is 0 Å². The van der Waals surface area contributed by atoms with Crippen LogP contribution in [0.1, 0.15) is 30.4 Å². The zero-order valence-electron chi connectivity index (χ0n) is 7.76. The van der Waals surface area contributed by atoms with Crippen molar-refractivity contribution in [3.8, 4) is 0 Å². The van der Waals surface area contributed by atoms with Crippen molar-refractivity contribution in [3.63, 3.8) is 0 Å². The first-order valence-corrected chi connectivity index (χ1v) is 5.10. The van der Waals surface area contributed by atoms with Crippen molar-refractivity contribution < 1.29 is 0 Å². The van der Waals surface area contributed by atoms with E-state index in [2.05, 4.69) is 19.1 Å². The maximum atomic E-state index is 5.92. The lowest BCUT2D eigenvalue weighted by Gasteiger charge is -2.15. The van der Waals surface area contributed by atoms with Gasteiger partial charge in [0.1, 0.15) is 0 Å². The van der Waals surface area contributed by atoms with Gasteiger partial charge in [-0.3, -0.25) is 0 Å². The normalized spacial score (nSPS) is 22.8. The molecule has 0 amide bonds. The molecule has 70 valence electrons. The van der Waals surface area contributed by atoms with Crippen molar-refractivity contribution >= 4 is 11.6 Å². The second-order valence-corrected chi connectivity index (χ2v) is 4.28. The third-order valence-corrected chi connectivity index (χ3v) is 3.10. The molecule has 0 fully saturated rings. The Hall–Kier alpha value is -0.530. The van der Waals surface area contributed by atoms with Crippen LogP contribution in [0.15, 0.2) is 18.2 Å². The summed E-state index contributed by atoms with van der Waals surface area (Å²) in [4.78, 5) is 0. The second-order valence-electron chi connectivity index (χ2n) is 3.85. The Bertz CT molecular complexity index is 320. The molecular weight excluding hydrogens is 182 g/mol. The minimum atomic E-state index is 0.252. The molecule has 1 aromatic rings. The van der Waals surface area contributed by atoms with E-state index in [-0.39, 0.29) is 6.04 Å². The van der Waals surface area contributed by atoms with Gasteiger partial charge < -0.3 is 5.73 Å². The number of benzene rings is 1. The molecule has 2 heteroatoms. The van der Waals surface area contributed by atoms with Crippen LogP contribution in [0.3, 0.4) is 0 Å². The maximum absolute atomic E-state index is 5.92. The van der Waals surface area contributed by atoms with Crippen LogP contribution >= 0.6 is 11.6 Å². The van der Waals surface area contributed by atoms with Crippen molar-refractivity contribution in [3.05, 3.63) is 34.3 Å². The van der Waals surface area contributed by atoms with E-state index >= 15 is 0 Å². The number of aryl methyl sites for hydroxylation is 1. The monoisotopic (exact) mass is 195 g/mol. The van der Waals surface area contributed by atoms with Crippen LogP contribution in [0.5, 0.6) is 0 Å². The molecule has 0 aromatic heterocycles. The van der Waals surface area contributed by atoms with Gasteiger partial charge in [0, 0.05) is 11.1 Å². The fourth-order valence-corrected chi connectivity index (χ4v) is 2.36. The zero-order chi connectivity index (χ0) is 9.42. The number of rotatable bonds is 1. The molecule has 1 nitrogen and oxygen atoms in total. The van der Waals surface area contributed by atoms with E-state index in [0.29, 0.717) is 5.92 Å². The van der Waals surface area contributed by atoms with Gasteiger partial charge in [-0.05, 0) is 48.9 Å². The third-order valence-electron chi connectivity index (χ3n) is 2.86. The molecule has 0 heterocycles. The van der Waals surface area contributed by atoms with Gasteiger partial charge in [0.25, 0.3) is 0 Å². The molecule has 0 radical (unpaired) electrons. The van der Waals surface area contributed by atoms with Crippen molar-refractivity contribution in [2.45, 2.75) is 31.7 Å². The number of fused-ring (bicyclic) bond motifs is 1. The summed E-state index contributed by atoms with van der Waals surface area (Å²) in [5.74, 6) is 0.535. The van der Waals surface area contributed by atoms with E-state index in [0.717, 1.165) is 11.4 Å². The van der Waals surface area contributed by atoms with Crippen molar-refractivity contribution in [1.29, 1.82) is 0 Å². The lowest BCUT2D eigenvalue weighted by molar-refractivity contribution is 0.564. The molecule has 2 rings (SSSR count). The summed E-state index contributed by atoms with van der Waals surface area (Å²) >= 11 is 5.92. The van der Waals surface area contributed by atoms with Gasteiger partial charge in [0.05, 0.1) is 0 Å². The highest BCUT2D eigenvalue weighted by molar-refractivity contribution is 6.30. The summed E-state index contributed by atoms with van der Waals surface area (Å²) in [7, 11) is 0. The van der Waals surface area contributed by atoms with E-state index < -0.39 is 0 Å². The predicted molar refractivity (Wildman–Crippen MR) is 56.2 cm³/mol. The highest BCUT2D eigenvalue weighted by atomic mass is 35.5. The first-order chi connectivity index (χ1) is 6.18. The van der Waals surface area contributed by atoms with Crippen molar-refractivity contribution in [1.82, 2.24) is 0 Å². The predicted octanol–water partition coefficient (Wildman–Crippen LogP) is 2.72. The Kier molecular flexibility index (Phi) is 2.31. The number of hydrogen-bond donors (Lipinski definition) is 1. The average Bonchev–Trinajstić information content (AvgIpc) is 2.46. The summed E-state index contributed by atoms with van der Waals surface area (Å²) in [6.45, 7) is 2.08. The molecule has 1 aromatic carbocycles. The van der Waals surface area contributed by atoms with Gasteiger partial charge in [0.2, 0.25) is 0 Å². The van der Waals surface area contributed by atoms with Gasteiger partial charge in [0.15, 0.2) is 0 Å². The fourth-order valence-electron chi connectivity index (χ4n) is 2.17. The summed E-state index contributed by atoms with van der Waals surface area (Å²) in [6.07, 6.45) is 2.30. The van der Waals surface area contributed by atoms with Crippen LogP contribution in [0.2, 0.25) is 5.02 Å². The molecule has 0 spiro atoms. The molecule has 1 aliphatic carbocycles. The van der Waals surface area contributed by atoms with Gasteiger partial charge in [-0.2, -0.15) is 0 Å². The van der Waals surface area contributed by atoms with Crippen LogP contribution < -0.4 is 5.73 Å². The van der Waals surface area contributed by atoms with Gasteiger partial charge in [-0.1, -0.05) is 17.7 Å². The third kappa shape index (κ3) is 1.59. The molecule has 0 aliphatic heterocycles. The average molecular weight is 196 g/mol. The van der Waals surface area contributed by atoms with Crippen LogP contribution in [-0.4, -0.2) is 6.04 Å². The Morgan fingerprint density at radius 1 is 1.54 bits per heavy atom. The summed E-state index contributed by atoms with van der Waals surface area (Å²) in [5, 5.41) is 0.837. The molecule has 0 bridgehead atoms. The topological polar surface area (TPSA) is 26.0 Å². The van der Waals surface area contributed by atoms with Crippen molar-refractivity contribution in [2.75, 3.05) is 0 Å². The zero-order valence-corrected chi connectivity index (χ0v) is 8.51. The van der Waals surface area contributed by atoms with Gasteiger partial charge in [-0.25, -0.2) is 0 Å². The Balaban J connectivity index is 2.38. The first-order valence-electron chi connectivity index (χ1n) is 4.72. The highest BCUT2D eigenvalue weighted by Gasteiger charge is 2.24. The second kappa shape index (κ2) is 3.32. The number of halogens is 1. The minimum Gasteiger partial charge on any atom is -0.327 e. The molecule has 13 heavy (non-hydrogen) atoms. The number of nitrogens with two attached hydrogens (primary N) is 1. The lowest BCUT2D eigenvalue weighted by atomic mass is 9.95. The molecule has 0 saturated carbocycles. The summed E-state index contributed by atoms with van der Waals surface area (Å²) in [5.41, 5.74) is 8.70. The molecule has 2 N–H and O–H groups in total. The first kappa shape index (κ1) is 9.04. The fraction of sp³-hybridized carbons (Fsp3) is 0.455. The van der Waals surface area contributed by atoms with Crippen LogP contribution in [-0.2, 0) is 6.42 Å². The van der Waals surface area contributed by atoms with E-state index in [1.54, 1.807) is 0 Å². The molecule has 1 aliphatic rings. The highest BCUT2D eigenvalue weighted by Crippen LogP contribution is 2.35.